The van der Waals surface area contributed by atoms with Gasteiger partial charge in [-0.15, -0.1) is 11.3 Å². The Morgan fingerprint density at radius 3 is 2.58 bits per heavy atom. The molecule has 136 valence electrons. The van der Waals surface area contributed by atoms with Crippen LogP contribution in [0.4, 0.5) is 0 Å². The molecule has 2 heterocycles. The molecule has 26 heavy (non-hydrogen) atoms. The number of fused-ring (bicyclic) bond motifs is 3. The summed E-state index contributed by atoms with van der Waals surface area (Å²) in [6.07, 6.45) is 3.18. The Hall–Kier alpha value is -1.72. The van der Waals surface area contributed by atoms with Gasteiger partial charge < -0.3 is 4.98 Å². The summed E-state index contributed by atoms with van der Waals surface area (Å²) in [6, 6.07) is 7.94. The van der Waals surface area contributed by atoms with Crippen molar-refractivity contribution in [1.82, 2.24) is 9.55 Å². The maximum absolute atomic E-state index is 13.3. The lowest BCUT2D eigenvalue weighted by atomic mass is 9.72. The number of rotatable bonds is 1. The van der Waals surface area contributed by atoms with Gasteiger partial charge in [-0.05, 0) is 67.4 Å². The number of nitrogens with one attached hydrogen (secondary N) is 1. The summed E-state index contributed by atoms with van der Waals surface area (Å²) in [6.45, 7) is 8.98. The molecule has 0 radical (unpaired) electrons. The van der Waals surface area contributed by atoms with E-state index in [9.17, 15) is 4.79 Å². The first-order valence-corrected chi connectivity index (χ1v) is 10.3. The van der Waals surface area contributed by atoms with Crippen LogP contribution < -0.4 is 5.56 Å². The molecule has 3 aromatic rings. The van der Waals surface area contributed by atoms with E-state index in [-0.39, 0.29) is 5.56 Å². The van der Waals surface area contributed by atoms with E-state index < -0.39 is 0 Å². The zero-order valence-electron chi connectivity index (χ0n) is 15.7. The highest BCUT2D eigenvalue weighted by atomic mass is 32.1. The highest BCUT2D eigenvalue weighted by Gasteiger charge is 2.31. The van der Waals surface area contributed by atoms with E-state index in [0.717, 1.165) is 35.2 Å². The summed E-state index contributed by atoms with van der Waals surface area (Å²) in [5, 5.41) is 0.839. The summed E-state index contributed by atoms with van der Waals surface area (Å²) >= 11 is 7.24. The lowest BCUT2D eigenvalue weighted by Crippen LogP contribution is -2.27. The minimum atomic E-state index is 0.0133. The van der Waals surface area contributed by atoms with Gasteiger partial charge in [0.05, 0.1) is 11.1 Å². The van der Waals surface area contributed by atoms with Gasteiger partial charge in [0.1, 0.15) is 4.83 Å². The predicted octanol–water partition coefficient (Wildman–Crippen LogP) is 5.57. The van der Waals surface area contributed by atoms with Crippen LogP contribution in [0.2, 0.25) is 0 Å². The van der Waals surface area contributed by atoms with Crippen LogP contribution in [0.15, 0.2) is 29.1 Å². The quantitative estimate of drug-likeness (QED) is 0.557. The molecule has 1 atom stereocenters. The fourth-order valence-electron chi connectivity index (χ4n) is 3.92. The van der Waals surface area contributed by atoms with Gasteiger partial charge in [0.25, 0.3) is 5.56 Å². The van der Waals surface area contributed by atoms with Gasteiger partial charge >= 0.3 is 0 Å². The van der Waals surface area contributed by atoms with Gasteiger partial charge in [-0.25, -0.2) is 0 Å². The fourth-order valence-corrected chi connectivity index (χ4v) is 5.60. The molecule has 0 saturated carbocycles. The Bertz CT molecular complexity index is 1090. The van der Waals surface area contributed by atoms with Crippen LogP contribution >= 0.6 is 23.6 Å². The van der Waals surface area contributed by atoms with Crippen molar-refractivity contribution in [3.8, 4) is 5.69 Å². The number of nitrogens with zero attached hydrogens (tertiary/aromatic N) is 1. The molecule has 0 saturated heterocycles. The average molecular weight is 385 g/mol. The van der Waals surface area contributed by atoms with Crippen molar-refractivity contribution in [3.63, 3.8) is 0 Å². The van der Waals surface area contributed by atoms with Crippen LogP contribution in [0.1, 0.15) is 43.2 Å². The van der Waals surface area contributed by atoms with Crippen molar-refractivity contribution < 1.29 is 0 Å². The third kappa shape index (κ3) is 2.87. The molecular weight excluding hydrogens is 360 g/mol. The largest absolute Gasteiger partial charge is 0.323 e. The van der Waals surface area contributed by atoms with Crippen LogP contribution in [0, 0.1) is 23.0 Å². The van der Waals surface area contributed by atoms with Crippen molar-refractivity contribution >= 4 is 33.8 Å². The Balaban J connectivity index is 1.90. The first kappa shape index (κ1) is 17.7. The van der Waals surface area contributed by atoms with Crippen molar-refractivity contribution in [2.75, 3.05) is 0 Å². The molecule has 0 amide bonds. The van der Waals surface area contributed by atoms with Crippen LogP contribution in [0.3, 0.4) is 0 Å². The highest BCUT2D eigenvalue weighted by molar-refractivity contribution is 7.71. The smallest absolute Gasteiger partial charge is 0.267 e. The summed E-state index contributed by atoms with van der Waals surface area (Å²) in [5.74, 6) is 0.658. The topological polar surface area (TPSA) is 37.8 Å². The zero-order chi connectivity index (χ0) is 18.6. The molecule has 0 unspecified atom stereocenters. The molecular formula is C21H24N2OS2. The van der Waals surface area contributed by atoms with Crippen LogP contribution in [-0.2, 0) is 12.8 Å². The Morgan fingerprint density at radius 1 is 1.23 bits per heavy atom. The molecule has 0 bridgehead atoms. The molecule has 1 N–H and O–H groups in total. The number of hydrogen-bond donors (Lipinski definition) is 1. The highest BCUT2D eigenvalue weighted by Crippen LogP contribution is 2.42. The monoisotopic (exact) mass is 384 g/mol. The SMILES string of the molecule is Cc1ccc(-n2c(=S)[nH]c3sc4c(c3c2=O)CC[C@@H](C(C)(C)C)C4)cc1. The van der Waals surface area contributed by atoms with Gasteiger partial charge in [0, 0.05) is 4.88 Å². The number of H-pyrrole nitrogens is 1. The van der Waals surface area contributed by atoms with Crippen molar-refractivity contribution in [3.05, 3.63) is 55.4 Å². The first-order valence-electron chi connectivity index (χ1n) is 9.12. The number of aromatic nitrogens is 2. The van der Waals surface area contributed by atoms with Gasteiger partial charge in [0.15, 0.2) is 4.77 Å². The fraction of sp³-hybridized carbons (Fsp3) is 0.429. The van der Waals surface area contributed by atoms with E-state index in [1.165, 1.54) is 16.0 Å². The summed E-state index contributed by atoms with van der Waals surface area (Å²) in [4.78, 5) is 18.9. The van der Waals surface area contributed by atoms with Crippen molar-refractivity contribution in [2.24, 2.45) is 11.3 Å². The molecule has 5 heteroatoms. The number of hydrogen-bond acceptors (Lipinski definition) is 3. The average Bonchev–Trinajstić information content (AvgIpc) is 2.93. The second-order valence-corrected chi connectivity index (χ2v) is 9.91. The third-order valence-electron chi connectivity index (χ3n) is 5.62. The van der Waals surface area contributed by atoms with Gasteiger partial charge in [0.2, 0.25) is 0 Å². The van der Waals surface area contributed by atoms with Crippen LogP contribution in [0.25, 0.3) is 15.9 Å². The Morgan fingerprint density at radius 2 is 1.92 bits per heavy atom. The van der Waals surface area contributed by atoms with E-state index in [1.807, 2.05) is 31.2 Å². The molecule has 4 rings (SSSR count). The van der Waals surface area contributed by atoms with E-state index in [2.05, 4.69) is 25.8 Å². The van der Waals surface area contributed by atoms with E-state index in [4.69, 9.17) is 12.2 Å². The lowest BCUT2D eigenvalue weighted by Gasteiger charge is -2.33. The maximum Gasteiger partial charge on any atom is 0.267 e. The Labute approximate surface area is 162 Å². The minimum absolute atomic E-state index is 0.0133. The van der Waals surface area contributed by atoms with E-state index in [0.29, 0.717) is 16.1 Å². The lowest BCUT2D eigenvalue weighted by molar-refractivity contribution is 0.218. The van der Waals surface area contributed by atoms with Crippen molar-refractivity contribution in [1.29, 1.82) is 0 Å². The van der Waals surface area contributed by atoms with E-state index in [1.54, 1.807) is 15.9 Å². The number of benzene rings is 1. The van der Waals surface area contributed by atoms with Gasteiger partial charge in [-0.2, -0.15) is 0 Å². The molecule has 0 fully saturated rings. The van der Waals surface area contributed by atoms with Crippen LogP contribution in [-0.4, -0.2) is 9.55 Å². The second-order valence-electron chi connectivity index (χ2n) is 8.42. The molecule has 2 aromatic heterocycles. The summed E-state index contributed by atoms with van der Waals surface area (Å²) in [7, 11) is 0. The predicted molar refractivity (Wildman–Crippen MR) is 112 cm³/mol. The molecule has 1 aliphatic rings. The number of aryl methyl sites for hydroxylation is 2. The van der Waals surface area contributed by atoms with Crippen molar-refractivity contribution in [2.45, 2.75) is 47.0 Å². The van der Waals surface area contributed by atoms with Gasteiger partial charge in [-0.3, -0.25) is 9.36 Å². The Kier molecular flexibility index (Phi) is 4.20. The normalized spacial score (nSPS) is 17.5. The number of aromatic amines is 1. The van der Waals surface area contributed by atoms with E-state index >= 15 is 0 Å². The zero-order valence-corrected chi connectivity index (χ0v) is 17.3. The molecule has 3 nitrogen and oxygen atoms in total. The number of thiophene rings is 1. The van der Waals surface area contributed by atoms with Gasteiger partial charge in [-0.1, -0.05) is 38.5 Å². The maximum atomic E-state index is 13.3. The molecule has 1 aliphatic carbocycles. The second kappa shape index (κ2) is 6.17. The van der Waals surface area contributed by atoms with Crippen LogP contribution in [0.5, 0.6) is 0 Å². The summed E-state index contributed by atoms with van der Waals surface area (Å²) < 4.78 is 2.11. The molecule has 0 spiro atoms. The molecule has 0 aliphatic heterocycles. The summed E-state index contributed by atoms with van der Waals surface area (Å²) in [5.41, 5.74) is 3.54. The molecule has 1 aromatic carbocycles. The first-order chi connectivity index (χ1) is 12.3. The standard InChI is InChI=1S/C21H24N2OS2/c1-12-5-8-14(9-6-12)23-19(24)17-15-10-7-13(21(2,3)4)11-16(15)26-18(17)22-20(23)25/h5-6,8-9,13H,7,10-11H2,1-4H3,(H,22,25)/t13-/m1/s1. The minimum Gasteiger partial charge on any atom is -0.323 e. The third-order valence-corrected chi connectivity index (χ3v) is 7.08.